The molecule has 0 amide bonds. The summed E-state index contributed by atoms with van der Waals surface area (Å²) in [6, 6.07) is 18.2. The lowest BCUT2D eigenvalue weighted by Gasteiger charge is -2.23. The van der Waals surface area contributed by atoms with Crippen LogP contribution in [0.5, 0.6) is 17.2 Å². The summed E-state index contributed by atoms with van der Waals surface area (Å²) < 4.78 is 32.2. The second kappa shape index (κ2) is 13.6. The summed E-state index contributed by atoms with van der Waals surface area (Å²) >= 11 is 0. The van der Waals surface area contributed by atoms with Crippen molar-refractivity contribution in [1.82, 2.24) is 0 Å². The van der Waals surface area contributed by atoms with Gasteiger partial charge in [0.1, 0.15) is 34.1 Å². The van der Waals surface area contributed by atoms with E-state index in [1.165, 1.54) is 0 Å². The Kier molecular flexibility index (Phi) is 10.6. The first kappa shape index (κ1) is 35.0. The lowest BCUT2D eigenvalue weighted by Crippen LogP contribution is -2.26. The van der Waals surface area contributed by atoms with Gasteiger partial charge in [0.25, 0.3) is 0 Å². The van der Waals surface area contributed by atoms with Gasteiger partial charge in [-0.2, -0.15) is 0 Å². The molecule has 3 rings (SSSR count). The summed E-state index contributed by atoms with van der Waals surface area (Å²) in [6.45, 7) is 19.6. The summed E-state index contributed by atoms with van der Waals surface area (Å²) in [5, 5.41) is 0. The molecule has 3 aromatic rings. The van der Waals surface area contributed by atoms with E-state index in [-0.39, 0.29) is 5.92 Å². The summed E-state index contributed by atoms with van der Waals surface area (Å²) in [4.78, 5) is 36.8. The number of carbonyl (C=O) groups is 3. The van der Waals surface area contributed by atoms with Crippen molar-refractivity contribution in [2.75, 3.05) is 0 Å². The molecule has 0 spiro atoms. The van der Waals surface area contributed by atoms with Crippen LogP contribution in [0.4, 0.5) is 14.4 Å². The number of aryl methyl sites for hydroxylation is 2. The second-order valence-electron chi connectivity index (χ2n) is 13.8. The minimum Gasteiger partial charge on any atom is -0.428 e. The van der Waals surface area contributed by atoms with Gasteiger partial charge in [-0.15, -0.1) is 0 Å². The minimum absolute atomic E-state index is 0.288. The molecule has 9 heteroatoms. The van der Waals surface area contributed by atoms with Gasteiger partial charge in [-0.25, -0.2) is 14.4 Å². The third-order valence-corrected chi connectivity index (χ3v) is 6.03. The smallest absolute Gasteiger partial charge is 0.428 e. The lowest BCUT2D eigenvalue weighted by molar-refractivity contribution is 0.0191. The maximum Gasteiger partial charge on any atom is 0.514 e. The van der Waals surface area contributed by atoms with Crippen LogP contribution in [0.1, 0.15) is 96.0 Å². The normalized spacial score (nSPS) is 11.9. The highest BCUT2D eigenvalue weighted by Gasteiger charge is 2.24. The molecule has 0 unspecified atom stereocenters. The summed E-state index contributed by atoms with van der Waals surface area (Å²) in [6.07, 6.45) is -2.36. The quantitative estimate of drug-likeness (QED) is 0.115. The van der Waals surface area contributed by atoms with Crippen molar-refractivity contribution in [3.8, 4) is 17.2 Å². The van der Waals surface area contributed by atoms with Gasteiger partial charge < -0.3 is 28.4 Å². The maximum absolute atomic E-state index is 12.3. The summed E-state index contributed by atoms with van der Waals surface area (Å²) in [7, 11) is 0. The molecule has 0 atom stereocenters. The molecule has 0 aliphatic carbocycles. The Bertz CT molecular complexity index is 1440. The Balaban J connectivity index is 1.98. The molecule has 3 aromatic carbocycles. The highest BCUT2D eigenvalue weighted by Crippen LogP contribution is 2.37. The van der Waals surface area contributed by atoms with Crippen LogP contribution in [0.25, 0.3) is 0 Å². The third kappa shape index (κ3) is 11.2. The molecule has 0 aromatic heterocycles. The highest BCUT2D eigenvalue weighted by atomic mass is 16.7. The van der Waals surface area contributed by atoms with Crippen molar-refractivity contribution in [3.63, 3.8) is 0 Å². The zero-order chi connectivity index (χ0) is 33.7. The van der Waals surface area contributed by atoms with Crippen LogP contribution in [0.3, 0.4) is 0 Å². The van der Waals surface area contributed by atoms with Gasteiger partial charge in [0.2, 0.25) is 0 Å². The Morgan fingerprint density at radius 2 is 0.822 bits per heavy atom. The standard InChI is InChI=1S/C36H44O9/c1-22-20-25(14-18-28(22)41-32(38)44-35(6,7)8)30(24-12-16-27(17-13-24)40-31(37)43-34(3,4)5)26-15-19-29(23(2)21-26)42-33(39)45-36(9,10)11/h12-21,30H,1-11H3. The van der Waals surface area contributed by atoms with Crippen molar-refractivity contribution in [2.24, 2.45) is 0 Å². The van der Waals surface area contributed by atoms with Gasteiger partial charge in [-0.1, -0.05) is 36.4 Å². The number of hydrogen-bond donors (Lipinski definition) is 0. The average molecular weight is 621 g/mol. The van der Waals surface area contributed by atoms with E-state index in [0.717, 1.165) is 27.8 Å². The van der Waals surface area contributed by atoms with Gasteiger partial charge in [-0.3, -0.25) is 0 Å². The van der Waals surface area contributed by atoms with E-state index < -0.39 is 35.3 Å². The SMILES string of the molecule is Cc1cc(C(c2ccc(OC(=O)OC(C)(C)C)cc2)c2ccc(OC(=O)OC(C)(C)C)c(C)c2)ccc1OC(=O)OC(C)(C)C. The molecule has 0 aliphatic rings. The van der Waals surface area contributed by atoms with E-state index in [0.29, 0.717) is 17.2 Å². The number of benzene rings is 3. The number of ether oxygens (including phenoxy) is 6. The monoisotopic (exact) mass is 620 g/mol. The van der Waals surface area contributed by atoms with Crippen molar-refractivity contribution in [2.45, 2.75) is 98.9 Å². The second-order valence-corrected chi connectivity index (χ2v) is 13.8. The van der Waals surface area contributed by atoms with Crippen molar-refractivity contribution in [1.29, 1.82) is 0 Å². The van der Waals surface area contributed by atoms with Crippen molar-refractivity contribution >= 4 is 18.5 Å². The van der Waals surface area contributed by atoms with Crippen LogP contribution in [0.15, 0.2) is 60.7 Å². The number of rotatable bonds is 6. The van der Waals surface area contributed by atoms with Crippen LogP contribution in [-0.4, -0.2) is 35.3 Å². The first-order valence-corrected chi connectivity index (χ1v) is 14.7. The molecular formula is C36H44O9. The van der Waals surface area contributed by atoms with E-state index >= 15 is 0 Å². The fourth-order valence-corrected chi connectivity index (χ4v) is 4.33. The van der Waals surface area contributed by atoms with Crippen molar-refractivity contribution in [3.05, 3.63) is 88.5 Å². The van der Waals surface area contributed by atoms with Gasteiger partial charge in [0, 0.05) is 5.92 Å². The average Bonchev–Trinajstić information content (AvgIpc) is 2.85. The Morgan fingerprint density at radius 3 is 1.16 bits per heavy atom. The first-order valence-electron chi connectivity index (χ1n) is 14.7. The zero-order valence-corrected chi connectivity index (χ0v) is 28.0. The molecule has 0 aliphatic heterocycles. The lowest BCUT2D eigenvalue weighted by atomic mass is 9.84. The van der Waals surface area contributed by atoms with Crippen LogP contribution < -0.4 is 14.2 Å². The first-order chi connectivity index (χ1) is 20.7. The van der Waals surface area contributed by atoms with Gasteiger partial charge in [-0.05, 0) is 128 Å². The number of hydrogen-bond acceptors (Lipinski definition) is 9. The molecule has 0 heterocycles. The summed E-state index contributed by atoms with van der Waals surface area (Å²) in [5.74, 6) is 0.806. The van der Waals surface area contributed by atoms with Crippen LogP contribution >= 0.6 is 0 Å². The topological polar surface area (TPSA) is 107 Å². The Labute approximate surface area is 265 Å². The maximum atomic E-state index is 12.3. The Hall–Kier alpha value is -4.53. The van der Waals surface area contributed by atoms with Gasteiger partial charge in [0.15, 0.2) is 0 Å². The predicted molar refractivity (Wildman–Crippen MR) is 170 cm³/mol. The van der Waals surface area contributed by atoms with E-state index in [1.807, 2.05) is 50.2 Å². The fourth-order valence-electron chi connectivity index (χ4n) is 4.33. The van der Waals surface area contributed by atoms with Gasteiger partial charge in [0.05, 0.1) is 0 Å². The van der Waals surface area contributed by atoms with Gasteiger partial charge >= 0.3 is 18.5 Å². The highest BCUT2D eigenvalue weighted by molar-refractivity contribution is 5.67. The molecule has 45 heavy (non-hydrogen) atoms. The summed E-state index contributed by atoms with van der Waals surface area (Å²) in [5.41, 5.74) is 2.11. The molecule has 242 valence electrons. The van der Waals surface area contributed by atoms with Crippen LogP contribution in [-0.2, 0) is 14.2 Å². The molecule has 0 saturated heterocycles. The largest absolute Gasteiger partial charge is 0.514 e. The molecular weight excluding hydrogens is 576 g/mol. The number of carbonyl (C=O) groups excluding carboxylic acids is 3. The third-order valence-electron chi connectivity index (χ3n) is 6.03. The molecule has 9 nitrogen and oxygen atoms in total. The van der Waals surface area contributed by atoms with E-state index in [9.17, 15) is 14.4 Å². The van der Waals surface area contributed by atoms with Crippen LogP contribution in [0.2, 0.25) is 0 Å². The van der Waals surface area contributed by atoms with Crippen LogP contribution in [0, 0.1) is 13.8 Å². The van der Waals surface area contributed by atoms with E-state index in [1.54, 1.807) is 86.6 Å². The zero-order valence-electron chi connectivity index (χ0n) is 28.0. The molecule has 0 radical (unpaired) electrons. The molecule has 0 fully saturated rings. The van der Waals surface area contributed by atoms with E-state index in [4.69, 9.17) is 28.4 Å². The van der Waals surface area contributed by atoms with E-state index in [2.05, 4.69) is 0 Å². The molecule has 0 bridgehead atoms. The molecule has 0 saturated carbocycles. The molecule has 0 N–H and O–H groups in total. The van der Waals surface area contributed by atoms with Crippen molar-refractivity contribution < 1.29 is 42.8 Å². The predicted octanol–water partition coefficient (Wildman–Crippen LogP) is 9.43. The Morgan fingerprint density at radius 1 is 0.489 bits per heavy atom. The minimum atomic E-state index is -0.792. The fraction of sp³-hybridized carbons (Fsp3) is 0.417.